The summed E-state index contributed by atoms with van der Waals surface area (Å²) in [4.78, 5) is 10.8. The normalized spacial score (nSPS) is 23.0. The molecule has 1 aliphatic carbocycles. The molecule has 0 aromatic heterocycles. The first-order valence-electron chi connectivity index (χ1n) is 5.58. The van der Waals surface area contributed by atoms with E-state index in [4.69, 9.17) is 10.8 Å². The third-order valence-corrected chi connectivity index (χ3v) is 3.58. The van der Waals surface area contributed by atoms with Gasteiger partial charge < -0.3 is 10.8 Å². The first-order chi connectivity index (χ1) is 6.60. The van der Waals surface area contributed by atoms with E-state index in [2.05, 4.69) is 0 Å². The Balaban J connectivity index is 2.71. The summed E-state index contributed by atoms with van der Waals surface area (Å²) in [6, 6.07) is 0.0545. The maximum absolute atomic E-state index is 10.8. The number of nitrogens with two attached hydrogens (primary N) is 1. The standard InChI is InChI=1S/C11H21NO2/c1-2-9(12)11(8-10(13)14)6-4-3-5-7-11/h9H,2-8,12H2,1H3,(H,13,14). The number of carboxylic acid groups (broad SMARTS) is 1. The minimum absolute atomic E-state index is 0.0545. The summed E-state index contributed by atoms with van der Waals surface area (Å²) in [5.41, 5.74) is 5.96. The van der Waals surface area contributed by atoms with Crippen molar-refractivity contribution in [2.75, 3.05) is 0 Å². The molecule has 3 N–H and O–H groups in total. The largest absolute Gasteiger partial charge is 0.481 e. The Labute approximate surface area is 85.7 Å². The van der Waals surface area contributed by atoms with Crippen molar-refractivity contribution in [3.63, 3.8) is 0 Å². The third-order valence-electron chi connectivity index (χ3n) is 3.58. The van der Waals surface area contributed by atoms with E-state index < -0.39 is 5.97 Å². The van der Waals surface area contributed by atoms with Crippen LogP contribution in [0.4, 0.5) is 0 Å². The number of rotatable bonds is 4. The van der Waals surface area contributed by atoms with Crippen molar-refractivity contribution in [3.05, 3.63) is 0 Å². The van der Waals surface area contributed by atoms with Crippen LogP contribution in [0.1, 0.15) is 51.9 Å². The van der Waals surface area contributed by atoms with E-state index in [0.29, 0.717) is 0 Å². The maximum Gasteiger partial charge on any atom is 0.303 e. The molecule has 82 valence electrons. The van der Waals surface area contributed by atoms with Crippen molar-refractivity contribution in [2.45, 2.75) is 57.9 Å². The van der Waals surface area contributed by atoms with Crippen LogP contribution in [0, 0.1) is 5.41 Å². The van der Waals surface area contributed by atoms with E-state index in [-0.39, 0.29) is 17.9 Å². The lowest BCUT2D eigenvalue weighted by molar-refractivity contribution is -0.140. The molecule has 0 saturated heterocycles. The van der Waals surface area contributed by atoms with Gasteiger partial charge in [-0.1, -0.05) is 26.2 Å². The number of hydrogen-bond donors (Lipinski definition) is 2. The highest BCUT2D eigenvalue weighted by Gasteiger charge is 2.38. The van der Waals surface area contributed by atoms with Gasteiger partial charge in [0.05, 0.1) is 6.42 Å². The van der Waals surface area contributed by atoms with E-state index in [1.807, 2.05) is 6.92 Å². The second kappa shape index (κ2) is 4.78. The molecule has 14 heavy (non-hydrogen) atoms. The van der Waals surface area contributed by atoms with Crippen molar-refractivity contribution in [3.8, 4) is 0 Å². The van der Waals surface area contributed by atoms with E-state index >= 15 is 0 Å². The monoisotopic (exact) mass is 199 g/mol. The number of carbonyl (C=O) groups is 1. The Morgan fingerprint density at radius 2 is 2.00 bits per heavy atom. The average molecular weight is 199 g/mol. The van der Waals surface area contributed by atoms with Crippen LogP contribution in [0.15, 0.2) is 0 Å². The second-order valence-electron chi connectivity index (χ2n) is 4.51. The molecule has 1 atom stereocenters. The molecule has 0 aromatic carbocycles. The summed E-state index contributed by atoms with van der Waals surface area (Å²) < 4.78 is 0. The smallest absolute Gasteiger partial charge is 0.303 e. The van der Waals surface area contributed by atoms with Crippen molar-refractivity contribution in [1.29, 1.82) is 0 Å². The predicted octanol–water partition coefficient (Wildman–Crippen LogP) is 2.15. The van der Waals surface area contributed by atoms with Crippen LogP contribution in [-0.2, 0) is 4.79 Å². The van der Waals surface area contributed by atoms with Gasteiger partial charge in [-0.15, -0.1) is 0 Å². The lowest BCUT2D eigenvalue weighted by Crippen LogP contribution is -2.44. The van der Waals surface area contributed by atoms with E-state index in [9.17, 15) is 4.79 Å². The highest BCUT2D eigenvalue weighted by atomic mass is 16.4. The molecule has 0 amide bonds. The Bertz CT molecular complexity index is 197. The van der Waals surface area contributed by atoms with E-state index in [1.54, 1.807) is 0 Å². The molecule has 0 bridgehead atoms. The molecule has 1 saturated carbocycles. The highest BCUT2D eigenvalue weighted by Crippen LogP contribution is 2.42. The summed E-state index contributed by atoms with van der Waals surface area (Å²) in [5, 5.41) is 8.92. The van der Waals surface area contributed by atoms with Crippen molar-refractivity contribution in [2.24, 2.45) is 11.1 Å². The molecular formula is C11H21NO2. The zero-order chi connectivity index (χ0) is 10.6. The van der Waals surface area contributed by atoms with Crippen LogP contribution in [-0.4, -0.2) is 17.1 Å². The number of aliphatic carboxylic acids is 1. The lowest BCUT2D eigenvalue weighted by Gasteiger charge is -2.40. The van der Waals surface area contributed by atoms with Crippen LogP contribution in [0.25, 0.3) is 0 Å². The lowest BCUT2D eigenvalue weighted by atomic mass is 9.66. The summed E-state index contributed by atoms with van der Waals surface area (Å²) in [5.74, 6) is -0.698. The zero-order valence-corrected chi connectivity index (χ0v) is 8.96. The minimum atomic E-state index is -0.698. The summed E-state index contributed by atoms with van der Waals surface area (Å²) in [7, 11) is 0. The van der Waals surface area contributed by atoms with Gasteiger partial charge in [-0.05, 0) is 24.7 Å². The third kappa shape index (κ3) is 2.47. The first-order valence-corrected chi connectivity index (χ1v) is 5.58. The predicted molar refractivity (Wildman–Crippen MR) is 56.0 cm³/mol. The second-order valence-corrected chi connectivity index (χ2v) is 4.51. The minimum Gasteiger partial charge on any atom is -0.481 e. The van der Waals surface area contributed by atoms with Crippen molar-refractivity contribution in [1.82, 2.24) is 0 Å². The summed E-state index contributed by atoms with van der Waals surface area (Å²) in [6.07, 6.45) is 6.64. The topological polar surface area (TPSA) is 63.3 Å². The van der Waals surface area contributed by atoms with Gasteiger partial charge >= 0.3 is 5.97 Å². The molecular weight excluding hydrogens is 178 g/mol. The Morgan fingerprint density at radius 1 is 1.43 bits per heavy atom. The molecule has 1 rings (SSSR count). The summed E-state index contributed by atoms with van der Waals surface area (Å²) >= 11 is 0. The Hall–Kier alpha value is -0.570. The van der Waals surface area contributed by atoms with Gasteiger partial charge in [0.15, 0.2) is 0 Å². The molecule has 3 nitrogen and oxygen atoms in total. The molecule has 0 aromatic rings. The molecule has 1 unspecified atom stereocenters. The van der Waals surface area contributed by atoms with Crippen molar-refractivity contribution < 1.29 is 9.90 Å². The first kappa shape index (κ1) is 11.5. The molecule has 3 heteroatoms. The van der Waals surface area contributed by atoms with Gasteiger partial charge in [0.1, 0.15) is 0 Å². The molecule has 1 fully saturated rings. The van der Waals surface area contributed by atoms with Crippen LogP contribution >= 0.6 is 0 Å². The van der Waals surface area contributed by atoms with Gasteiger partial charge in [-0.25, -0.2) is 0 Å². The zero-order valence-electron chi connectivity index (χ0n) is 8.96. The maximum atomic E-state index is 10.8. The van der Waals surface area contributed by atoms with Crippen LogP contribution in [0.3, 0.4) is 0 Å². The molecule has 0 aliphatic heterocycles. The van der Waals surface area contributed by atoms with Gasteiger partial charge in [-0.2, -0.15) is 0 Å². The van der Waals surface area contributed by atoms with Gasteiger partial charge in [0.2, 0.25) is 0 Å². The van der Waals surface area contributed by atoms with Crippen LogP contribution < -0.4 is 5.73 Å². The molecule has 0 heterocycles. The van der Waals surface area contributed by atoms with Crippen LogP contribution in [0.2, 0.25) is 0 Å². The number of carboxylic acids is 1. The average Bonchev–Trinajstić information content (AvgIpc) is 2.17. The quantitative estimate of drug-likeness (QED) is 0.729. The van der Waals surface area contributed by atoms with Crippen molar-refractivity contribution >= 4 is 5.97 Å². The van der Waals surface area contributed by atoms with Crippen LogP contribution in [0.5, 0.6) is 0 Å². The fourth-order valence-corrected chi connectivity index (χ4v) is 2.67. The SMILES string of the molecule is CCC(N)C1(CC(=O)O)CCCCC1. The van der Waals surface area contributed by atoms with E-state index in [0.717, 1.165) is 32.1 Å². The number of hydrogen-bond acceptors (Lipinski definition) is 2. The summed E-state index contributed by atoms with van der Waals surface area (Å²) in [6.45, 7) is 2.04. The Morgan fingerprint density at radius 3 is 2.43 bits per heavy atom. The van der Waals surface area contributed by atoms with Gasteiger partial charge in [0, 0.05) is 6.04 Å². The van der Waals surface area contributed by atoms with E-state index in [1.165, 1.54) is 6.42 Å². The van der Waals surface area contributed by atoms with Gasteiger partial charge in [0.25, 0.3) is 0 Å². The fraction of sp³-hybridized carbons (Fsp3) is 0.909. The fourth-order valence-electron chi connectivity index (χ4n) is 2.67. The Kier molecular flexibility index (Phi) is 3.93. The molecule has 0 radical (unpaired) electrons. The molecule has 1 aliphatic rings. The highest BCUT2D eigenvalue weighted by molar-refractivity contribution is 5.67. The van der Waals surface area contributed by atoms with Gasteiger partial charge in [-0.3, -0.25) is 4.79 Å². The molecule has 0 spiro atoms.